The maximum Gasteiger partial charge on any atom is 0.194 e. The minimum Gasteiger partial charge on any atom is -0.495 e. The monoisotopic (exact) mass is 373 g/mol. The highest BCUT2D eigenvalue weighted by molar-refractivity contribution is 5.80. The molecule has 1 atom stereocenters. The number of guanidine groups is 1. The summed E-state index contributed by atoms with van der Waals surface area (Å²) in [5.41, 5.74) is 1.19. The second kappa shape index (κ2) is 9.83. The number of aliphatic imine (C=N–C) groups is 1. The second-order valence-corrected chi connectivity index (χ2v) is 7.61. The van der Waals surface area contributed by atoms with E-state index in [1.54, 1.807) is 7.11 Å². The number of para-hydroxylation sites is 2. The van der Waals surface area contributed by atoms with E-state index >= 15 is 0 Å². The summed E-state index contributed by atoms with van der Waals surface area (Å²) in [4.78, 5) is 12.2. The van der Waals surface area contributed by atoms with Crippen molar-refractivity contribution in [3.8, 4) is 5.75 Å². The maximum absolute atomic E-state index is 5.53. The van der Waals surface area contributed by atoms with Crippen molar-refractivity contribution >= 4 is 11.6 Å². The molecule has 0 bridgehead atoms. The minimum atomic E-state index is 0.687. The molecule has 0 aliphatic carbocycles. The number of nitrogens with zero attached hydrogens (tertiary/aromatic N) is 4. The van der Waals surface area contributed by atoms with Crippen LogP contribution in [0.4, 0.5) is 5.69 Å². The van der Waals surface area contributed by atoms with Crippen LogP contribution in [0, 0.1) is 5.92 Å². The first-order valence-electron chi connectivity index (χ1n) is 10.3. The number of rotatable bonds is 5. The molecule has 2 fully saturated rings. The van der Waals surface area contributed by atoms with Gasteiger partial charge in [0.2, 0.25) is 0 Å². The molecule has 150 valence electrons. The molecule has 2 saturated heterocycles. The zero-order chi connectivity index (χ0) is 19.1. The van der Waals surface area contributed by atoms with E-state index in [1.807, 2.05) is 12.1 Å². The molecule has 2 aliphatic rings. The van der Waals surface area contributed by atoms with E-state index in [9.17, 15) is 0 Å². The largest absolute Gasteiger partial charge is 0.495 e. The van der Waals surface area contributed by atoms with Gasteiger partial charge in [0.1, 0.15) is 5.75 Å². The van der Waals surface area contributed by atoms with Crippen molar-refractivity contribution in [3.05, 3.63) is 24.3 Å². The first-order chi connectivity index (χ1) is 13.2. The Labute approximate surface area is 164 Å². The van der Waals surface area contributed by atoms with E-state index in [4.69, 9.17) is 9.73 Å². The van der Waals surface area contributed by atoms with Crippen molar-refractivity contribution in [1.29, 1.82) is 0 Å². The van der Waals surface area contributed by atoms with Gasteiger partial charge in [-0.2, -0.15) is 0 Å². The molecule has 6 heteroatoms. The topological polar surface area (TPSA) is 43.3 Å². The summed E-state index contributed by atoms with van der Waals surface area (Å²) in [6, 6.07) is 8.29. The molecule has 2 aliphatic heterocycles. The molecular formula is C21H35N5O. The number of anilines is 1. The normalized spacial score (nSPS) is 22.0. The highest BCUT2D eigenvalue weighted by atomic mass is 16.5. The molecule has 0 aromatic heterocycles. The summed E-state index contributed by atoms with van der Waals surface area (Å²) < 4.78 is 5.53. The van der Waals surface area contributed by atoms with Gasteiger partial charge in [0, 0.05) is 45.8 Å². The molecule has 2 heterocycles. The van der Waals surface area contributed by atoms with Gasteiger partial charge < -0.3 is 24.8 Å². The van der Waals surface area contributed by atoms with Crippen LogP contribution in [0.2, 0.25) is 0 Å². The van der Waals surface area contributed by atoms with Gasteiger partial charge in [-0.3, -0.25) is 4.99 Å². The summed E-state index contributed by atoms with van der Waals surface area (Å²) in [6.07, 6.45) is 2.60. The Morgan fingerprint density at radius 2 is 1.96 bits per heavy atom. The number of piperidine rings is 1. The van der Waals surface area contributed by atoms with Crippen LogP contribution in [-0.2, 0) is 0 Å². The van der Waals surface area contributed by atoms with E-state index in [2.05, 4.69) is 46.1 Å². The molecular weight excluding hydrogens is 338 g/mol. The van der Waals surface area contributed by atoms with Gasteiger partial charge in [0.05, 0.1) is 12.8 Å². The highest BCUT2D eigenvalue weighted by Crippen LogP contribution is 2.28. The van der Waals surface area contributed by atoms with Crippen LogP contribution in [0.1, 0.15) is 19.8 Å². The molecule has 1 aromatic carbocycles. The van der Waals surface area contributed by atoms with Crippen molar-refractivity contribution in [2.45, 2.75) is 19.8 Å². The highest BCUT2D eigenvalue weighted by Gasteiger charge is 2.22. The van der Waals surface area contributed by atoms with Crippen molar-refractivity contribution < 1.29 is 4.74 Å². The van der Waals surface area contributed by atoms with Crippen LogP contribution in [-0.4, -0.2) is 82.3 Å². The predicted molar refractivity (Wildman–Crippen MR) is 113 cm³/mol. The molecule has 1 aromatic rings. The number of methoxy groups -OCH3 is 1. The molecule has 1 N–H and O–H groups in total. The van der Waals surface area contributed by atoms with E-state index in [0.717, 1.165) is 51.0 Å². The Morgan fingerprint density at radius 3 is 2.67 bits per heavy atom. The lowest BCUT2D eigenvalue weighted by Crippen LogP contribution is -2.52. The summed E-state index contributed by atoms with van der Waals surface area (Å²) in [5.74, 6) is 2.71. The molecule has 0 spiro atoms. The number of piperazine rings is 1. The van der Waals surface area contributed by atoms with Gasteiger partial charge >= 0.3 is 0 Å². The Morgan fingerprint density at radius 1 is 1.19 bits per heavy atom. The van der Waals surface area contributed by atoms with Crippen molar-refractivity contribution in [3.63, 3.8) is 0 Å². The lowest BCUT2D eigenvalue weighted by Gasteiger charge is -2.38. The predicted octanol–water partition coefficient (Wildman–Crippen LogP) is 2.12. The van der Waals surface area contributed by atoms with Gasteiger partial charge in [0.25, 0.3) is 0 Å². The number of benzene rings is 1. The Bertz CT molecular complexity index is 612. The number of ether oxygens (including phenoxy) is 1. The third kappa shape index (κ3) is 5.28. The number of nitrogens with one attached hydrogen (secondary N) is 1. The quantitative estimate of drug-likeness (QED) is 0.633. The molecule has 1 unspecified atom stereocenters. The van der Waals surface area contributed by atoms with Gasteiger partial charge in [-0.25, -0.2) is 0 Å². The maximum atomic E-state index is 5.53. The first-order valence-corrected chi connectivity index (χ1v) is 10.3. The SMILES string of the molecule is CCNC(=NCC1CCCN(C)C1)N1CCN(c2ccccc2OC)CC1. The first kappa shape index (κ1) is 19.8. The molecule has 3 rings (SSSR count). The standard InChI is InChI=1S/C21H35N5O/c1-4-22-21(23-16-18-8-7-11-24(2)17-18)26-14-12-25(13-15-26)19-9-5-6-10-20(19)27-3/h5-6,9-10,18H,4,7-8,11-17H2,1-3H3,(H,22,23). The lowest BCUT2D eigenvalue weighted by atomic mass is 9.99. The molecule has 6 nitrogen and oxygen atoms in total. The molecule has 0 radical (unpaired) electrons. The second-order valence-electron chi connectivity index (χ2n) is 7.61. The van der Waals surface area contributed by atoms with Crippen LogP contribution in [0.5, 0.6) is 5.75 Å². The fourth-order valence-corrected chi connectivity index (χ4v) is 4.11. The van der Waals surface area contributed by atoms with Crippen molar-refractivity contribution in [2.75, 3.05) is 71.4 Å². The zero-order valence-corrected chi connectivity index (χ0v) is 17.2. The Balaban J connectivity index is 1.58. The summed E-state index contributed by atoms with van der Waals surface area (Å²) in [7, 11) is 3.96. The molecule has 0 saturated carbocycles. The van der Waals surface area contributed by atoms with E-state index in [-0.39, 0.29) is 0 Å². The third-order valence-electron chi connectivity index (χ3n) is 5.56. The van der Waals surface area contributed by atoms with Crippen molar-refractivity contribution in [2.24, 2.45) is 10.9 Å². The lowest BCUT2D eigenvalue weighted by molar-refractivity contribution is 0.214. The fraction of sp³-hybridized carbons (Fsp3) is 0.667. The van der Waals surface area contributed by atoms with Crippen LogP contribution in [0.25, 0.3) is 0 Å². The Kier molecular flexibility index (Phi) is 7.21. The minimum absolute atomic E-state index is 0.687. The molecule has 27 heavy (non-hydrogen) atoms. The van der Waals surface area contributed by atoms with Crippen LogP contribution in [0.3, 0.4) is 0 Å². The number of hydrogen-bond acceptors (Lipinski definition) is 4. The Hall–Kier alpha value is -1.95. The van der Waals surface area contributed by atoms with Crippen molar-refractivity contribution in [1.82, 2.24) is 15.1 Å². The average molecular weight is 374 g/mol. The third-order valence-corrected chi connectivity index (χ3v) is 5.56. The van der Waals surface area contributed by atoms with Crippen LogP contribution < -0.4 is 15.0 Å². The summed E-state index contributed by atoms with van der Waals surface area (Å²) in [6.45, 7) is 10.3. The number of likely N-dealkylation sites (tertiary alicyclic amines) is 1. The van der Waals surface area contributed by atoms with Gasteiger partial charge in [-0.1, -0.05) is 12.1 Å². The number of hydrogen-bond donors (Lipinski definition) is 1. The molecule has 0 amide bonds. The summed E-state index contributed by atoms with van der Waals surface area (Å²) >= 11 is 0. The van der Waals surface area contributed by atoms with Gasteiger partial charge in [0.15, 0.2) is 5.96 Å². The summed E-state index contributed by atoms with van der Waals surface area (Å²) in [5, 5.41) is 3.50. The van der Waals surface area contributed by atoms with Crippen LogP contribution in [0.15, 0.2) is 29.3 Å². The smallest absolute Gasteiger partial charge is 0.194 e. The van der Waals surface area contributed by atoms with Crippen LogP contribution >= 0.6 is 0 Å². The zero-order valence-electron chi connectivity index (χ0n) is 17.2. The fourth-order valence-electron chi connectivity index (χ4n) is 4.11. The van der Waals surface area contributed by atoms with Gasteiger partial charge in [-0.05, 0) is 51.4 Å². The van der Waals surface area contributed by atoms with E-state index in [1.165, 1.54) is 31.6 Å². The average Bonchev–Trinajstić information content (AvgIpc) is 2.71. The van der Waals surface area contributed by atoms with E-state index in [0.29, 0.717) is 5.92 Å². The van der Waals surface area contributed by atoms with Gasteiger partial charge in [-0.15, -0.1) is 0 Å². The van der Waals surface area contributed by atoms with E-state index < -0.39 is 0 Å².